The second-order valence-corrected chi connectivity index (χ2v) is 8.21. The first kappa shape index (κ1) is 19.0. The van der Waals surface area contributed by atoms with E-state index in [9.17, 15) is 13.2 Å². The van der Waals surface area contributed by atoms with Crippen LogP contribution in [0.4, 0.5) is 11.4 Å². The van der Waals surface area contributed by atoms with Crippen LogP contribution in [-0.2, 0) is 14.8 Å². The van der Waals surface area contributed by atoms with E-state index in [-0.39, 0.29) is 12.5 Å². The lowest BCUT2D eigenvalue weighted by Crippen LogP contribution is -2.41. The second kappa shape index (κ2) is 7.27. The highest BCUT2D eigenvalue weighted by Crippen LogP contribution is 2.24. The Morgan fingerprint density at radius 1 is 0.960 bits per heavy atom. The van der Waals surface area contributed by atoms with Crippen LogP contribution in [0, 0.1) is 20.8 Å². The van der Waals surface area contributed by atoms with Crippen LogP contribution in [0.15, 0.2) is 42.5 Å². The molecule has 0 aliphatic carbocycles. The number of aryl methyl sites for hydroxylation is 3. The highest BCUT2D eigenvalue weighted by molar-refractivity contribution is 7.92. The Balaban J connectivity index is 2.35. The number of amides is 1. The van der Waals surface area contributed by atoms with Crippen LogP contribution in [0.3, 0.4) is 0 Å². The lowest BCUT2D eigenvalue weighted by Gasteiger charge is -2.27. The summed E-state index contributed by atoms with van der Waals surface area (Å²) < 4.78 is 25.7. The van der Waals surface area contributed by atoms with E-state index in [2.05, 4.69) is 0 Å². The second-order valence-electron chi connectivity index (χ2n) is 6.30. The van der Waals surface area contributed by atoms with Gasteiger partial charge in [0.15, 0.2) is 0 Å². The van der Waals surface area contributed by atoms with Crippen molar-refractivity contribution in [3.05, 3.63) is 59.2 Å². The van der Waals surface area contributed by atoms with E-state index in [1.165, 1.54) is 4.90 Å². The fraction of sp³-hybridized carbons (Fsp3) is 0.316. The molecule has 0 unspecified atom stereocenters. The predicted octanol–water partition coefficient (Wildman–Crippen LogP) is 3.04. The van der Waals surface area contributed by atoms with Gasteiger partial charge in [-0.05, 0) is 49.6 Å². The Bertz CT molecular complexity index is 891. The number of hydrogen-bond acceptors (Lipinski definition) is 3. The quantitative estimate of drug-likeness (QED) is 0.823. The standard InChI is InChI=1S/C19H24N2O3S/c1-14-10-11-16(3)18(12-14)20(4)19(22)13-21(25(5,23)24)17-9-7-6-8-15(17)2/h6-12H,13H2,1-5H3. The number of sulfonamides is 1. The summed E-state index contributed by atoms with van der Waals surface area (Å²) in [5.41, 5.74) is 4.11. The molecule has 0 saturated carbocycles. The van der Waals surface area contributed by atoms with Crippen molar-refractivity contribution < 1.29 is 13.2 Å². The first-order chi connectivity index (χ1) is 11.6. The van der Waals surface area contributed by atoms with Gasteiger partial charge in [0.05, 0.1) is 11.9 Å². The maximum atomic E-state index is 12.8. The van der Waals surface area contributed by atoms with E-state index in [4.69, 9.17) is 0 Å². The molecule has 0 aliphatic rings. The highest BCUT2D eigenvalue weighted by atomic mass is 32.2. The molecule has 5 nitrogen and oxygen atoms in total. The Morgan fingerprint density at radius 3 is 2.16 bits per heavy atom. The number of hydrogen-bond donors (Lipinski definition) is 0. The fourth-order valence-corrected chi connectivity index (χ4v) is 3.58. The molecule has 0 atom stereocenters. The van der Waals surface area contributed by atoms with Gasteiger partial charge in [-0.15, -0.1) is 0 Å². The Labute approximate surface area is 149 Å². The summed E-state index contributed by atoms with van der Waals surface area (Å²) in [5, 5.41) is 0. The minimum atomic E-state index is -3.58. The molecule has 25 heavy (non-hydrogen) atoms. The number of anilines is 2. The van der Waals surface area contributed by atoms with Crippen molar-refractivity contribution in [1.29, 1.82) is 0 Å². The van der Waals surface area contributed by atoms with Crippen LogP contribution in [-0.4, -0.2) is 34.2 Å². The normalized spacial score (nSPS) is 11.2. The van der Waals surface area contributed by atoms with E-state index >= 15 is 0 Å². The smallest absolute Gasteiger partial charge is 0.247 e. The zero-order valence-electron chi connectivity index (χ0n) is 15.3. The van der Waals surface area contributed by atoms with E-state index < -0.39 is 10.0 Å². The monoisotopic (exact) mass is 360 g/mol. The average Bonchev–Trinajstić information content (AvgIpc) is 2.54. The molecule has 134 valence electrons. The third kappa shape index (κ3) is 4.39. The zero-order chi connectivity index (χ0) is 18.8. The van der Waals surface area contributed by atoms with Gasteiger partial charge in [0.25, 0.3) is 0 Å². The van der Waals surface area contributed by atoms with E-state index in [0.29, 0.717) is 5.69 Å². The van der Waals surface area contributed by atoms with Crippen molar-refractivity contribution in [3.8, 4) is 0 Å². The lowest BCUT2D eigenvalue weighted by atomic mass is 10.1. The van der Waals surface area contributed by atoms with E-state index in [0.717, 1.165) is 32.9 Å². The van der Waals surface area contributed by atoms with Gasteiger partial charge in [-0.2, -0.15) is 0 Å². The van der Waals surface area contributed by atoms with Crippen LogP contribution >= 0.6 is 0 Å². The minimum Gasteiger partial charge on any atom is -0.314 e. The average molecular weight is 360 g/mol. The number of likely N-dealkylation sites (N-methyl/N-ethyl adjacent to an activating group) is 1. The van der Waals surface area contributed by atoms with Gasteiger partial charge in [-0.25, -0.2) is 8.42 Å². The third-order valence-electron chi connectivity index (χ3n) is 4.16. The van der Waals surface area contributed by atoms with Gasteiger partial charge in [0, 0.05) is 12.7 Å². The molecule has 1 amide bonds. The van der Waals surface area contributed by atoms with Gasteiger partial charge >= 0.3 is 0 Å². The van der Waals surface area contributed by atoms with Crippen LogP contribution in [0.1, 0.15) is 16.7 Å². The Morgan fingerprint density at radius 2 is 1.56 bits per heavy atom. The van der Waals surface area contributed by atoms with Crippen molar-refractivity contribution in [2.45, 2.75) is 20.8 Å². The Kier molecular flexibility index (Phi) is 5.52. The van der Waals surface area contributed by atoms with E-state index in [1.54, 1.807) is 19.2 Å². The third-order valence-corrected chi connectivity index (χ3v) is 5.29. The maximum absolute atomic E-state index is 12.8. The lowest BCUT2D eigenvalue weighted by molar-refractivity contribution is -0.116. The molecule has 6 heteroatoms. The molecule has 2 rings (SSSR count). The van der Waals surface area contributed by atoms with Crippen LogP contribution < -0.4 is 9.21 Å². The molecule has 2 aromatic carbocycles. The maximum Gasteiger partial charge on any atom is 0.247 e. The summed E-state index contributed by atoms with van der Waals surface area (Å²) in [5.74, 6) is -0.289. The SMILES string of the molecule is Cc1ccc(C)c(N(C)C(=O)CN(c2ccccc2C)S(C)(=O)=O)c1. The van der Waals surface area contributed by atoms with Crippen molar-refractivity contribution in [3.63, 3.8) is 0 Å². The van der Waals surface area contributed by atoms with Crippen molar-refractivity contribution >= 4 is 27.3 Å². The van der Waals surface area contributed by atoms with Crippen LogP contribution in [0.2, 0.25) is 0 Å². The predicted molar refractivity (Wildman–Crippen MR) is 103 cm³/mol. The van der Waals surface area contributed by atoms with Gasteiger partial charge in [-0.1, -0.05) is 30.3 Å². The molecule has 0 bridgehead atoms. The van der Waals surface area contributed by atoms with Crippen molar-refractivity contribution in [1.82, 2.24) is 0 Å². The molecule has 2 aromatic rings. The van der Waals surface area contributed by atoms with Gasteiger partial charge in [0.2, 0.25) is 15.9 Å². The molecule has 0 fully saturated rings. The number of nitrogens with zero attached hydrogens (tertiary/aromatic N) is 2. The molecule has 0 saturated heterocycles. The number of carbonyl (C=O) groups excluding carboxylic acids is 1. The highest BCUT2D eigenvalue weighted by Gasteiger charge is 2.24. The molecule has 0 aromatic heterocycles. The van der Waals surface area contributed by atoms with Crippen LogP contribution in [0.5, 0.6) is 0 Å². The topological polar surface area (TPSA) is 57.7 Å². The zero-order valence-corrected chi connectivity index (χ0v) is 16.1. The van der Waals surface area contributed by atoms with Gasteiger partial charge in [-0.3, -0.25) is 9.10 Å². The first-order valence-electron chi connectivity index (χ1n) is 7.98. The van der Waals surface area contributed by atoms with Gasteiger partial charge in [0.1, 0.15) is 6.54 Å². The van der Waals surface area contributed by atoms with Crippen molar-refractivity contribution in [2.24, 2.45) is 0 Å². The number of para-hydroxylation sites is 1. The molecule has 0 radical (unpaired) electrons. The number of rotatable bonds is 5. The molecular weight excluding hydrogens is 336 g/mol. The summed E-state index contributed by atoms with van der Waals surface area (Å²) in [7, 11) is -1.91. The summed E-state index contributed by atoms with van der Waals surface area (Å²) in [4.78, 5) is 14.3. The summed E-state index contributed by atoms with van der Waals surface area (Å²) in [6.45, 7) is 5.46. The van der Waals surface area contributed by atoms with E-state index in [1.807, 2.05) is 51.1 Å². The molecule has 0 N–H and O–H groups in total. The molecular formula is C19H24N2O3S. The molecule has 0 heterocycles. The largest absolute Gasteiger partial charge is 0.314 e. The van der Waals surface area contributed by atoms with Gasteiger partial charge < -0.3 is 4.90 Å². The van der Waals surface area contributed by atoms with Crippen LogP contribution in [0.25, 0.3) is 0 Å². The number of benzene rings is 2. The first-order valence-corrected chi connectivity index (χ1v) is 9.83. The summed E-state index contributed by atoms with van der Waals surface area (Å²) in [6.07, 6.45) is 1.12. The van der Waals surface area contributed by atoms with Crippen molar-refractivity contribution in [2.75, 3.05) is 29.1 Å². The summed E-state index contributed by atoms with van der Waals surface area (Å²) in [6, 6.07) is 13.0. The molecule has 0 aliphatic heterocycles. The Hall–Kier alpha value is -2.34. The molecule has 0 spiro atoms. The number of carbonyl (C=O) groups is 1. The minimum absolute atomic E-state index is 0.242. The fourth-order valence-electron chi connectivity index (χ4n) is 2.67. The summed E-state index contributed by atoms with van der Waals surface area (Å²) >= 11 is 0.